The lowest BCUT2D eigenvalue weighted by molar-refractivity contribution is 0.414. The molecule has 0 saturated carbocycles. The number of nitrogens with zero attached hydrogens (tertiary/aromatic N) is 2. The van der Waals surface area contributed by atoms with Crippen LogP contribution in [0.15, 0.2) is 24.4 Å². The van der Waals surface area contributed by atoms with Crippen LogP contribution >= 0.6 is 0 Å². The van der Waals surface area contributed by atoms with E-state index in [1.54, 1.807) is 6.92 Å². The third-order valence-electron chi connectivity index (χ3n) is 3.79. The van der Waals surface area contributed by atoms with Crippen molar-refractivity contribution in [1.29, 1.82) is 0 Å². The van der Waals surface area contributed by atoms with Crippen LogP contribution in [0, 0.1) is 0 Å². The van der Waals surface area contributed by atoms with Crippen LogP contribution in [0.3, 0.4) is 0 Å². The normalized spacial score (nSPS) is 12.2. The van der Waals surface area contributed by atoms with Gasteiger partial charge in [-0.15, -0.1) is 0 Å². The van der Waals surface area contributed by atoms with Crippen LogP contribution in [0.25, 0.3) is 10.9 Å². The predicted octanol–water partition coefficient (Wildman–Crippen LogP) is 2.53. The van der Waals surface area contributed by atoms with Gasteiger partial charge in [-0.05, 0) is 58.1 Å². The average Bonchev–Trinajstić information content (AvgIpc) is 2.82. The number of nitrogens with one attached hydrogen (secondary N) is 1. The van der Waals surface area contributed by atoms with Crippen molar-refractivity contribution in [3.05, 3.63) is 30.0 Å². The molecule has 1 heterocycles. The van der Waals surface area contributed by atoms with E-state index >= 15 is 0 Å². The second-order valence-corrected chi connectivity index (χ2v) is 7.74. The molecule has 0 amide bonds. The zero-order chi connectivity index (χ0) is 16.3. The minimum atomic E-state index is -3.24. The maximum absolute atomic E-state index is 11.7. The molecular weight excluding hydrogens is 298 g/mol. The molecule has 1 N–H and O–H groups in total. The van der Waals surface area contributed by atoms with E-state index in [0.717, 1.165) is 30.4 Å². The Hall–Kier alpha value is -1.53. The standard InChI is InChI=1S/C16H25N3O2S/c1-5-19-12-13(9-10-18(3)4)15-11-14(7-8-16(15)19)17-22(20,21)6-2/h7-8,11-12,17H,5-6,9-10H2,1-4H3. The monoisotopic (exact) mass is 323 g/mol. The summed E-state index contributed by atoms with van der Waals surface area (Å²) in [5.74, 6) is 0.0779. The van der Waals surface area contributed by atoms with Crippen LogP contribution in [0.1, 0.15) is 19.4 Å². The molecule has 1 aromatic carbocycles. The number of fused-ring (bicyclic) bond motifs is 1. The zero-order valence-electron chi connectivity index (χ0n) is 13.8. The van der Waals surface area contributed by atoms with Gasteiger partial charge in [0.1, 0.15) is 0 Å². The van der Waals surface area contributed by atoms with Gasteiger partial charge >= 0.3 is 0 Å². The highest BCUT2D eigenvalue weighted by Crippen LogP contribution is 2.26. The summed E-state index contributed by atoms with van der Waals surface area (Å²) in [4.78, 5) is 2.15. The lowest BCUT2D eigenvalue weighted by Gasteiger charge is -2.09. The summed E-state index contributed by atoms with van der Waals surface area (Å²) in [7, 11) is 0.867. The largest absolute Gasteiger partial charge is 0.347 e. The van der Waals surface area contributed by atoms with Gasteiger partial charge in [-0.2, -0.15) is 0 Å². The lowest BCUT2D eigenvalue weighted by Crippen LogP contribution is -2.15. The molecule has 0 unspecified atom stereocenters. The fourth-order valence-corrected chi connectivity index (χ4v) is 3.12. The summed E-state index contributed by atoms with van der Waals surface area (Å²) >= 11 is 0. The molecule has 22 heavy (non-hydrogen) atoms. The minimum Gasteiger partial charge on any atom is -0.347 e. The van der Waals surface area contributed by atoms with Crippen molar-refractivity contribution in [2.75, 3.05) is 31.1 Å². The Morgan fingerprint density at radius 1 is 1.23 bits per heavy atom. The van der Waals surface area contributed by atoms with E-state index in [0.29, 0.717) is 5.69 Å². The molecule has 0 bridgehead atoms. The number of likely N-dealkylation sites (N-methyl/N-ethyl adjacent to an activating group) is 1. The molecule has 122 valence electrons. The summed E-state index contributed by atoms with van der Waals surface area (Å²) in [5.41, 5.74) is 3.04. The first kappa shape index (κ1) is 16.8. The zero-order valence-corrected chi connectivity index (χ0v) is 14.6. The molecule has 0 fully saturated rings. The van der Waals surface area contributed by atoms with E-state index in [2.05, 4.69) is 41.4 Å². The van der Waals surface area contributed by atoms with Crippen LogP contribution < -0.4 is 4.72 Å². The Kier molecular flexibility index (Phi) is 5.13. The number of aryl methyl sites for hydroxylation is 1. The highest BCUT2D eigenvalue weighted by molar-refractivity contribution is 7.92. The number of benzene rings is 1. The second-order valence-electron chi connectivity index (χ2n) is 5.73. The third kappa shape index (κ3) is 3.81. The maximum Gasteiger partial charge on any atom is 0.232 e. The Bertz CT molecular complexity index is 748. The number of sulfonamides is 1. The molecule has 0 spiro atoms. The molecule has 0 radical (unpaired) electrons. The molecule has 1 aromatic heterocycles. The number of hydrogen-bond acceptors (Lipinski definition) is 3. The van der Waals surface area contributed by atoms with Gasteiger partial charge < -0.3 is 9.47 Å². The molecule has 0 saturated heterocycles. The molecule has 6 heteroatoms. The summed E-state index contributed by atoms with van der Waals surface area (Å²) in [6, 6.07) is 5.77. The molecule has 0 aliphatic rings. The van der Waals surface area contributed by atoms with Gasteiger partial charge in [0.15, 0.2) is 0 Å². The van der Waals surface area contributed by atoms with E-state index < -0.39 is 10.0 Å². The average molecular weight is 323 g/mol. The van der Waals surface area contributed by atoms with Gasteiger partial charge in [-0.3, -0.25) is 4.72 Å². The van der Waals surface area contributed by atoms with Gasteiger partial charge in [-0.1, -0.05) is 0 Å². The lowest BCUT2D eigenvalue weighted by atomic mass is 10.1. The fourth-order valence-electron chi connectivity index (χ4n) is 2.49. The van der Waals surface area contributed by atoms with Crippen LogP contribution in [0.2, 0.25) is 0 Å². The molecule has 5 nitrogen and oxygen atoms in total. The van der Waals surface area contributed by atoms with Crippen LogP contribution in [0.4, 0.5) is 5.69 Å². The summed E-state index contributed by atoms with van der Waals surface area (Å²) in [6.07, 6.45) is 3.12. The van der Waals surface area contributed by atoms with E-state index in [1.165, 1.54) is 5.56 Å². The van der Waals surface area contributed by atoms with Gasteiger partial charge in [0.2, 0.25) is 10.0 Å². The highest BCUT2D eigenvalue weighted by Gasteiger charge is 2.11. The third-order valence-corrected chi connectivity index (χ3v) is 5.09. The second kappa shape index (κ2) is 6.71. The number of aromatic nitrogens is 1. The molecule has 2 rings (SSSR count). The van der Waals surface area contributed by atoms with Crippen molar-refractivity contribution in [2.24, 2.45) is 0 Å². The fraction of sp³-hybridized carbons (Fsp3) is 0.500. The maximum atomic E-state index is 11.7. The minimum absolute atomic E-state index is 0.0779. The topological polar surface area (TPSA) is 54.3 Å². The number of hydrogen-bond donors (Lipinski definition) is 1. The van der Waals surface area contributed by atoms with Crippen molar-refractivity contribution >= 4 is 26.6 Å². The highest BCUT2D eigenvalue weighted by atomic mass is 32.2. The van der Waals surface area contributed by atoms with Crippen molar-refractivity contribution < 1.29 is 8.42 Å². The first-order valence-electron chi connectivity index (χ1n) is 7.63. The summed E-state index contributed by atoms with van der Waals surface area (Å²) in [6.45, 7) is 5.62. The Labute approximate surface area is 133 Å². The van der Waals surface area contributed by atoms with Gasteiger partial charge in [0.05, 0.1) is 5.75 Å². The molecular formula is C16H25N3O2S. The predicted molar refractivity (Wildman–Crippen MR) is 93.0 cm³/mol. The first-order chi connectivity index (χ1) is 10.4. The van der Waals surface area contributed by atoms with Gasteiger partial charge in [-0.25, -0.2) is 8.42 Å². The van der Waals surface area contributed by atoms with Crippen LogP contribution in [0.5, 0.6) is 0 Å². The molecule has 2 aromatic rings. The Morgan fingerprint density at radius 2 is 1.95 bits per heavy atom. The molecule has 0 atom stereocenters. The van der Waals surface area contributed by atoms with Crippen LogP contribution in [-0.4, -0.2) is 44.3 Å². The SMILES string of the molecule is CCn1cc(CCN(C)C)c2cc(NS(=O)(=O)CC)ccc21. The van der Waals surface area contributed by atoms with Crippen molar-refractivity contribution in [1.82, 2.24) is 9.47 Å². The van der Waals surface area contributed by atoms with E-state index in [4.69, 9.17) is 0 Å². The quantitative estimate of drug-likeness (QED) is 0.852. The van der Waals surface area contributed by atoms with E-state index in [-0.39, 0.29) is 5.75 Å². The smallest absolute Gasteiger partial charge is 0.232 e. The van der Waals surface area contributed by atoms with Crippen LogP contribution in [-0.2, 0) is 23.0 Å². The summed E-state index contributed by atoms with van der Waals surface area (Å²) < 4.78 is 28.3. The van der Waals surface area contributed by atoms with Gasteiger partial charge in [0.25, 0.3) is 0 Å². The first-order valence-corrected chi connectivity index (χ1v) is 9.28. The van der Waals surface area contributed by atoms with Crippen molar-refractivity contribution in [3.63, 3.8) is 0 Å². The molecule has 0 aliphatic carbocycles. The van der Waals surface area contributed by atoms with Gasteiger partial charge in [0, 0.05) is 35.9 Å². The summed E-state index contributed by atoms with van der Waals surface area (Å²) in [5, 5.41) is 1.13. The van der Waals surface area contributed by atoms with E-state index in [9.17, 15) is 8.42 Å². The van der Waals surface area contributed by atoms with E-state index in [1.807, 2.05) is 18.2 Å². The Morgan fingerprint density at radius 3 is 2.55 bits per heavy atom. The number of anilines is 1. The molecule has 0 aliphatic heterocycles. The van der Waals surface area contributed by atoms with Crippen molar-refractivity contribution in [3.8, 4) is 0 Å². The number of rotatable bonds is 7. The Balaban J connectivity index is 2.42. The van der Waals surface area contributed by atoms with Crippen molar-refractivity contribution in [2.45, 2.75) is 26.8 Å².